The number of nitrogens with zero attached hydrogens (tertiary/aromatic N) is 6. The molecule has 0 unspecified atom stereocenters. The Balaban J connectivity index is 0.00000320. The van der Waals surface area contributed by atoms with E-state index in [0.29, 0.717) is 11.6 Å². The van der Waals surface area contributed by atoms with E-state index >= 15 is 0 Å². The first kappa shape index (κ1) is 23.3. The third kappa shape index (κ3) is 5.12. The van der Waals surface area contributed by atoms with Crippen molar-refractivity contribution in [2.75, 3.05) is 6.26 Å². The highest BCUT2D eigenvalue weighted by molar-refractivity contribution is 7.90. The third-order valence-corrected chi connectivity index (χ3v) is 5.15. The summed E-state index contributed by atoms with van der Waals surface area (Å²) in [7, 11) is -3.53. The number of sulfone groups is 1. The highest BCUT2D eigenvalue weighted by atomic mass is 35.5. The van der Waals surface area contributed by atoms with Crippen LogP contribution < -0.4 is 5.32 Å². The first-order chi connectivity index (χ1) is 13.7. The number of aromatic nitrogens is 5. The molecule has 0 saturated heterocycles. The predicted octanol–water partition coefficient (Wildman–Crippen LogP) is 1.59. The van der Waals surface area contributed by atoms with Gasteiger partial charge >= 0.3 is 0 Å². The number of nitriles is 1. The van der Waals surface area contributed by atoms with Crippen molar-refractivity contribution in [3.8, 4) is 11.9 Å². The number of carbonyl (C=O) groups is 1. The summed E-state index contributed by atoms with van der Waals surface area (Å²) in [6.07, 6.45) is 4.98. The van der Waals surface area contributed by atoms with Crippen LogP contribution in [0.4, 0.5) is 0 Å². The zero-order valence-electron chi connectivity index (χ0n) is 15.7. The number of halogens is 1. The fourth-order valence-electron chi connectivity index (χ4n) is 2.46. The summed E-state index contributed by atoms with van der Waals surface area (Å²) >= 11 is 5.96. The van der Waals surface area contributed by atoms with Crippen molar-refractivity contribution >= 4 is 40.8 Å². The van der Waals surface area contributed by atoms with E-state index in [1.807, 2.05) is 6.07 Å². The Bertz CT molecular complexity index is 1220. The standard InChI is InChI=1S/C17H14ClN7O3S.H2S/c1-10(16-22-9-23-25(16)15-8-20-13(6-19)7-21-15)24-17(26)11-3-12(18)5-14(4-11)29(2,27)28;/h3-5,7-10H,1-2H3,(H,24,26);1H2/t10-;/m1./s1. The molecule has 1 aromatic carbocycles. The fourth-order valence-corrected chi connectivity index (χ4v) is 3.44. The normalized spacial score (nSPS) is 11.8. The van der Waals surface area contributed by atoms with Crippen LogP contribution in [0.25, 0.3) is 5.82 Å². The molecule has 0 saturated carbocycles. The Morgan fingerprint density at radius 1 is 1.23 bits per heavy atom. The lowest BCUT2D eigenvalue weighted by molar-refractivity contribution is 0.0937. The van der Waals surface area contributed by atoms with Gasteiger partial charge in [-0.3, -0.25) is 4.79 Å². The van der Waals surface area contributed by atoms with Crippen LogP contribution in [0.15, 0.2) is 41.8 Å². The smallest absolute Gasteiger partial charge is 0.251 e. The summed E-state index contributed by atoms with van der Waals surface area (Å²) in [4.78, 5) is 24.7. The molecule has 0 aliphatic rings. The molecule has 3 rings (SSSR count). The maximum atomic E-state index is 12.6. The molecule has 0 spiro atoms. The molecule has 0 fully saturated rings. The van der Waals surface area contributed by atoms with Gasteiger partial charge in [-0.2, -0.15) is 28.5 Å². The first-order valence-electron chi connectivity index (χ1n) is 8.13. The van der Waals surface area contributed by atoms with E-state index in [2.05, 4.69) is 25.4 Å². The molecule has 0 aliphatic carbocycles. The minimum Gasteiger partial charge on any atom is -0.342 e. The number of nitrogens with one attached hydrogen (secondary N) is 1. The molecule has 2 aromatic heterocycles. The van der Waals surface area contributed by atoms with Crippen LogP contribution in [-0.2, 0) is 9.84 Å². The van der Waals surface area contributed by atoms with E-state index in [1.54, 1.807) is 6.92 Å². The maximum Gasteiger partial charge on any atom is 0.251 e. The van der Waals surface area contributed by atoms with Crippen LogP contribution in [0.2, 0.25) is 5.02 Å². The summed E-state index contributed by atoms with van der Waals surface area (Å²) in [5.74, 6) is 0.146. The maximum absolute atomic E-state index is 12.6. The van der Waals surface area contributed by atoms with E-state index in [-0.39, 0.29) is 34.7 Å². The number of hydrogen-bond acceptors (Lipinski definition) is 8. The third-order valence-electron chi connectivity index (χ3n) is 3.84. The average molecular weight is 466 g/mol. The summed E-state index contributed by atoms with van der Waals surface area (Å²) < 4.78 is 24.9. The van der Waals surface area contributed by atoms with Gasteiger partial charge in [0, 0.05) is 16.8 Å². The second kappa shape index (κ2) is 9.21. The van der Waals surface area contributed by atoms with Crippen molar-refractivity contribution in [3.63, 3.8) is 0 Å². The van der Waals surface area contributed by atoms with Crippen LogP contribution in [0.1, 0.15) is 34.8 Å². The molecule has 0 radical (unpaired) electrons. The van der Waals surface area contributed by atoms with E-state index in [1.165, 1.54) is 41.6 Å². The van der Waals surface area contributed by atoms with Crippen LogP contribution in [0.5, 0.6) is 0 Å². The zero-order chi connectivity index (χ0) is 21.2. The topological polar surface area (TPSA) is 144 Å². The highest BCUT2D eigenvalue weighted by Gasteiger charge is 2.20. The molecule has 13 heteroatoms. The molecule has 0 aliphatic heterocycles. The lowest BCUT2D eigenvalue weighted by Crippen LogP contribution is -2.29. The summed E-state index contributed by atoms with van der Waals surface area (Å²) in [6.45, 7) is 1.68. The summed E-state index contributed by atoms with van der Waals surface area (Å²) in [5, 5.41) is 15.7. The molecule has 0 bridgehead atoms. The van der Waals surface area contributed by atoms with Crippen LogP contribution in [-0.4, -0.2) is 45.3 Å². The second-order valence-electron chi connectivity index (χ2n) is 6.04. The van der Waals surface area contributed by atoms with Gasteiger partial charge in [0.05, 0.1) is 23.3 Å². The number of hydrogen-bond donors (Lipinski definition) is 1. The molecule has 1 N–H and O–H groups in total. The van der Waals surface area contributed by atoms with Crippen molar-refractivity contribution in [2.24, 2.45) is 0 Å². The van der Waals surface area contributed by atoms with Gasteiger partial charge in [-0.05, 0) is 25.1 Å². The first-order valence-corrected chi connectivity index (χ1v) is 10.4. The Labute approximate surface area is 184 Å². The lowest BCUT2D eigenvalue weighted by Gasteiger charge is -2.14. The zero-order valence-corrected chi connectivity index (χ0v) is 18.3. The van der Waals surface area contributed by atoms with Crippen LogP contribution >= 0.6 is 25.1 Å². The molecular formula is C17H16ClN7O3S2. The fraction of sp³-hybridized carbons (Fsp3) is 0.176. The number of carbonyl (C=O) groups excluding carboxylic acids is 1. The van der Waals surface area contributed by atoms with Crippen molar-refractivity contribution in [1.29, 1.82) is 5.26 Å². The van der Waals surface area contributed by atoms with E-state index < -0.39 is 21.8 Å². The minimum absolute atomic E-state index is 0. The minimum atomic E-state index is -3.53. The number of rotatable bonds is 5. The van der Waals surface area contributed by atoms with Gasteiger partial charge in [-0.25, -0.2) is 23.4 Å². The molecule has 1 amide bonds. The second-order valence-corrected chi connectivity index (χ2v) is 8.50. The Kier molecular flexibility index (Phi) is 7.14. The quantitative estimate of drug-likeness (QED) is 0.598. The average Bonchev–Trinajstić information content (AvgIpc) is 3.17. The monoisotopic (exact) mass is 465 g/mol. The lowest BCUT2D eigenvalue weighted by atomic mass is 10.2. The number of benzene rings is 1. The molecular weight excluding hydrogens is 450 g/mol. The predicted molar refractivity (Wildman–Crippen MR) is 112 cm³/mol. The largest absolute Gasteiger partial charge is 0.342 e. The van der Waals surface area contributed by atoms with E-state index in [4.69, 9.17) is 16.9 Å². The van der Waals surface area contributed by atoms with Gasteiger partial charge in [-0.15, -0.1) is 0 Å². The molecule has 10 nitrogen and oxygen atoms in total. The van der Waals surface area contributed by atoms with Crippen LogP contribution in [0, 0.1) is 11.3 Å². The van der Waals surface area contributed by atoms with Gasteiger partial charge in [-0.1, -0.05) is 11.6 Å². The van der Waals surface area contributed by atoms with Crippen molar-refractivity contribution < 1.29 is 13.2 Å². The van der Waals surface area contributed by atoms with Crippen molar-refractivity contribution in [3.05, 3.63) is 59.0 Å². The van der Waals surface area contributed by atoms with Crippen LogP contribution in [0.3, 0.4) is 0 Å². The Hall–Kier alpha value is -3.01. The molecule has 156 valence electrons. The van der Waals surface area contributed by atoms with Gasteiger partial charge in [0.2, 0.25) is 0 Å². The van der Waals surface area contributed by atoms with E-state index in [0.717, 1.165) is 6.26 Å². The molecule has 3 aromatic rings. The van der Waals surface area contributed by atoms with Gasteiger partial charge in [0.1, 0.15) is 12.4 Å². The number of amides is 1. The summed E-state index contributed by atoms with van der Waals surface area (Å²) in [5.41, 5.74) is 0.244. The summed E-state index contributed by atoms with van der Waals surface area (Å²) in [6, 6.07) is 5.16. The van der Waals surface area contributed by atoms with Gasteiger partial charge < -0.3 is 5.32 Å². The molecule has 2 heterocycles. The van der Waals surface area contributed by atoms with Gasteiger partial charge in [0.25, 0.3) is 5.91 Å². The molecule has 1 atom stereocenters. The Morgan fingerprint density at radius 2 is 1.97 bits per heavy atom. The van der Waals surface area contributed by atoms with Crippen molar-refractivity contribution in [2.45, 2.75) is 17.9 Å². The SMILES string of the molecule is C[C@@H](NC(=O)c1cc(Cl)cc(S(C)(=O)=O)c1)c1ncnn1-c1cnc(C#N)cn1.S. The van der Waals surface area contributed by atoms with E-state index in [9.17, 15) is 13.2 Å². The van der Waals surface area contributed by atoms with Gasteiger partial charge in [0.15, 0.2) is 27.2 Å². The van der Waals surface area contributed by atoms with Crippen molar-refractivity contribution in [1.82, 2.24) is 30.0 Å². The Morgan fingerprint density at radius 3 is 2.57 bits per heavy atom. The highest BCUT2D eigenvalue weighted by Crippen LogP contribution is 2.20. The molecule has 30 heavy (non-hydrogen) atoms.